The molecule has 1 aliphatic heterocycles. The Morgan fingerprint density at radius 1 is 1.15 bits per heavy atom. The lowest BCUT2D eigenvalue weighted by Gasteiger charge is -2.27. The maximum atomic E-state index is 15.5. The van der Waals surface area contributed by atoms with E-state index in [2.05, 4.69) is 5.32 Å². The van der Waals surface area contributed by atoms with Gasteiger partial charge in [-0.15, -0.1) is 11.3 Å². The van der Waals surface area contributed by atoms with Crippen LogP contribution in [0.25, 0.3) is 49.7 Å². The van der Waals surface area contributed by atoms with Gasteiger partial charge in [0.1, 0.15) is 23.2 Å². The molecular formula is C30H26F3N5OS. The van der Waals surface area contributed by atoms with Crippen LogP contribution in [0.5, 0.6) is 0 Å². The van der Waals surface area contributed by atoms with E-state index in [1.54, 1.807) is 0 Å². The summed E-state index contributed by atoms with van der Waals surface area (Å²) in [5, 5.41) is 19.7. The van der Waals surface area contributed by atoms with Gasteiger partial charge in [-0.3, -0.25) is 4.68 Å². The second-order valence-corrected chi connectivity index (χ2v) is 10.8. The molecule has 10 heteroatoms. The molecule has 4 aromatic heterocycles. The van der Waals surface area contributed by atoms with Crippen molar-refractivity contribution in [3.05, 3.63) is 89.1 Å². The number of aliphatic hydroxyl groups is 1. The van der Waals surface area contributed by atoms with Crippen LogP contribution in [0.15, 0.2) is 72.0 Å². The standard InChI is InChI=1S/C30H26F3N5OS/c1-16-14-34-17(2)26-13-24(36-38(16)26)29-22(12-21(32)11-20(31)7-9-39)27-23(33)15-40-30(27)28(35-29)19-4-5-25-18(10-19)6-8-37(25)3/h4-13,15-17,34,39H,14H2,1-3H3/b9-7+,20-11+,21-12?/t16?,17-/m1/s1. The lowest BCUT2D eigenvalue weighted by atomic mass is 10.0. The number of nitrogens with one attached hydrogen (secondary N) is 1. The van der Waals surface area contributed by atoms with Gasteiger partial charge >= 0.3 is 0 Å². The van der Waals surface area contributed by atoms with Crippen molar-refractivity contribution in [3.63, 3.8) is 0 Å². The number of thiophene rings is 1. The fraction of sp³-hybridized carbons (Fsp3) is 0.200. The molecule has 0 saturated heterocycles. The van der Waals surface area contributed by atoms with Crippen molar-refractivity contribution in [2.45, 2.75) is 25.9 Å². The number of pyridine rings is 1. The van der Waals surface area contributed by atoms with Crippen molar-refractivity contribution in [1.29, 1.82) is 0 Å². The van der Waals surface area contributed by atoms with Crippen molar-refractivity contribution >= 4 is 38.4 Å². The third-order valence-corrected chi connectivity index (χ3v) is 8.21. The SMILES string of the molecule is CC1CN[C@H](C)c2cc(-c3nc(-c4ccc5c(ccn5C)c4)c4scc(F)c4c3C=C(F)/C=C(F)\C=C\O)nn21. The summed E-state index contributed by atoms with van der Waals surface area (Å²) in [5.74, 6) is -2.49. The third kappa shape index (κ3) is 4.43. The summed E-state index contributed by atoms with van der Waals surface area (Å²) in [6.45, 7) is 4.80. The number of nitrogens with zero attached hydrogens (tertiary/aromatic N) is 4. The molecule has 0 amide bonds. The molecule has 204 valence electrons. The highest BCUT2D eigenvalue weighted by Crippen LogP contribution is 2.42. The first-order chi connectivity index (χ1) is 19.2. The van der Waals surface area contributed by atoms with Gasteiger partial charge in [0.2, 0.25) is 0 Å². The quantitative estimate of drug-likeness (QED) is 0.169. The number of aliphatic hydroxyl groups excluding tert-OH is 1. The van der Waals surface area contributed by atoms with Gasteiger partial charge in [0.25, 0.3) is 0 Å². The number of aryl methyl sites for hydroxylation is 1. The van der Waals surface area contributed by atoms with E-state index in [4.69, 9.17) is 15.2 Å². The van der Waals surface area contributed by atoms with Crippen molar-refractivity contribution < 1.29 is 18.3 Å². The van der Waals surface area contributed by atoms with Crippen LogP contribution < -0.4 is 5.32 Å². The molecule has 0 aliphatic carbocycles. The number of hydrogen-bond acceptors (Lipinski definition) is 5. The van der Waals surface area contributed by atoms with E-state index in [-0.39, 0.29) is 28.7 Å². The van der Waals surface area contributed by atoms with Gasteiger partial charge in [-0.25, -0.2) is 18.2 Å². The highest BCUT2D eigenvalue weighted by molar-refractivity contribution is 7.17. The molecule has 0 radical (unpaired) electrons. The van der Waals surface area contributed by atoms with Crippen molar-refractivity contribution in [2.24, 2.45) is 7.05 Å². The zero-order chi connectivity index (χ0) is 28.1. The van der Waals surface area contributed by atoms with Gasteiger partial charge in [0.05, 0.1) is 34.1 Å². The summed E-state index contributed by atoms with van der Waals surface area (Å²) >= 11 is 1.18. The Hall–Kier alpha value is -4.15. The van der Waals surface area contributed by atoms with Crippen molar-refractivity contribution in [1.82, 2.24) is 24.6 Å². The summed E-state index contributed by atoms with van der Waals surface area (Å²) in [4.78, 5) is 4.99. The number of hydrogen-bond donors (Lipinski definition) is 2. The predicted octanol–water partition coefficient (Wildman–Crippen LogP) is 7.92. The molecule has 5 heterocycles. The average Bonchev–Trinajstić information content (AvgIpc) is 3.64. The second kappa shape index (κ2) is 10.1. The van der Waals surface area contributed by atoms with E-state index in [1.165, 1.54) is 16.7 Å². The molecule has 2 atom stereocenters. The first-order valence-corrected chi connectivity index (χ1v) is 13.7. The van der Waals surface area contributed by atoms with E-state index < -0.39 is 17.5 Å². The molecular weight excluding hydrogens is 535 g/mol. The Morgan fingerprint density at radius 3 is 2.75 bits per heavy atom. The molecule has 40 heavy (non-hydrogen) atoms. The van der Waals surface area contributed by atoms with Gasteiger partial charge in [-0.2, -0.15) is 5.10 Å². The van der Waals surface area contributed by atoms with Crippen LogP contribution in [0.2, 0.25) is 0 Å². The van der Waals surface area contributed by atoms with Gasteiger partial charge in [-0.1, -0.05) is 6.07 Å². The van der Waals surface area contributed by atoms with Gasteiger partial charge in [-0.05, 0) is 44.2 Å². The monoisotopic (exact) mass is 561 g/mol. The first-order valence-electron chi connectivity index (χ1n) is 12.8. The zero-order valence-electron chi connectivity index (χ0n) is 22.0. The topological polar surface area (TPSA) is 67.9 Å². The second-order valence-electron chi connectivity index (χ2n) is 9.96. The van der Waals surface area contributed by atoms with E-state index in [0.29, 0.717) is 28.4 Å². The number of rotatable bonds is 5. The molecule has 1 unspecified atom stereocenters. The van der Waals surface area contributed by atoms with E-state index in [1.807, 2.05) is 66.7 Å². The normalized spacial score (nSPS) is 18.4. The number of aromatic nitrogens is 4. The highest BCUT2D eigenvalue weighted by Gasteiger charge is 2.27. The number of fused-ring (bicyclic) bond motifs is 3. The van der Waals surface area contributed by atoms with Crippen LogP contribution in [-0.2, 0) is 7.05 Å². The van der Waals surface area contributed by atoms with Gasteiger partial charge in [0, 0.05) is 70.8 Å². The minimum absolute atomic E-state index is 0.0250. The Kier molecular flexibility index (Phi) is 6.59. The number of allylic oxidation sites excluding steroid dienone is 4. The van der Waals surface area contributed by atoms with Gasteiger partial charge < -0.3 is 15.0 Å². The van der Waals surface area contributed by atoms with Crippen LogP contribution in [-0.4, -0.2) is 31.0 Å². The summed E-state index contributed by atoms with van der Waals surface area (Å²) in [6, 6.07) is 9.90. The van der Waals surface area contributed by atoms with Crippen LogP contribution >= 0.6 is 11.3 Å². The molecule has 2 N–H and O–H groups in total. The van der Waals surface area contributed by atoms with Gasteiger partial charge in [0.15, 0.2) is 0 Å². The molecule has 6 nitrogen and oxygen atoms in total. The minimum Gasteiger partial charge on any atom is -0.515 e. The van der Waals surface area contributed by atoms with Crippen molar-refractivity contribution in [3.8, 4) is 22.6 Å². The number of benzene rings is 1. The smallest absolute Gasteiger partial charge is 0.142 e. The van der Waals surface area contributed by atoms with Crippen LogP contribution in [0.4, 0.5) is 13.2 Å². The fourth-order valence-electron chi connectivity index (χ4n) is 5.23. The largest absolute Gasteiger partial charge is 0.515 e. The Balaban J connectivity index is 1.65. The molecule has 0 fully saturated rings. The summed E-state index contributed by atoms with van der Waals surface area (Å²) in [5.41, 5.74) is 4.23. The molecule has 0 saturated carbocycles. The first kappa shape index (κ1) is 26.1. The molecule has 0 bridgehead atoms. The van der Waals surface area contributed by atoms with Crippen molar-refractivity contribution in [2.75, 3.05) is 6.54 Å². The molecule has 1 aromatic carbocycles. The minimum atomic E-state index is -0.994. The Morgan fingerprint density at radius 2 is 1.98 bits per heavy atom. The molecule has 0 spiro atoms. The predicted molar refractivity (Wildman–Crippen MR) is 154 cm³/mol. The maximum Gasteiger partial charge on any atom is 0.142 e. The fourth-order valence-corrected chi connectivity index (χ4v) is 6.17. The Labute approximate surface area is 232 Å². The lowest BCUT2D eigenvalue weighted by Crippen LogP contribution is -2.34. The molecule has 1 aliphatic rings. The van der Waals surface area contributed by atoms with Crippen LogP contribution in [0, 0.1) is 5.82 Å². The van der Waals surface area contributed by atoms with E-state index in [9.17, 15) is 4.39 Å². The average molecular weight is 562 g/mol. The zero-order valence-corrected chi connectivity index (χ0v) is 22.8. The lowest BCUT2D eigenvalue weighted by molar-refractivity contribution is 0.354. The maximum absolute atomic E-state index is 15.5. The highest BCUT2D eigenvalue weighted by atomic mass is 32.1. The third-order valence-electron chi connectivity index (χ3n) is 7.25. The molecule has 6 rings (SSSR count). The van der Waals surface area contributed by atoms with Crippen LogP contribution in [0.3, 0.4) is 0 Å². The number of halogens is 3. The Bertz CT molecular complexity index is 1830. The summed E-state index contributed by atoms with van der Waals surface area (Å²) in [7, 11) is 1.96. The van der Waals surface area contributed by atoms with Crippen LogP contribution in [0.1, 0.15) is 37.2 Å². The summed E-state index contributed by atoms with van der Waals surface area (Å²) in [6.07, 6.45) is 4.85. The van der Waals surface area contributed by atoms with E-state index >= 15 is 8.78 Å². The van der Waals surface area contributed by atoms with E-state index in [0.717, 1.165) is 40.9 Å². The summed E-state index contributed by atoms with van der Waals surface area (Å²) < 4.78 is 49.1. The molecule has 5 aromatic rings.